The molecule has 332 valence electrons. The predicted molar refractivity (Wildman–Crippen MR) is 239 cm³/mol. The molecule has 0 amide bonds. The SMILES string of the molecule is CCOC(=O)C1Cn2c(c(C3CCCCC3)c3ccc(C)cc32)-c2ccccc2O1.Cc1ccc2c(C3CCCCC3)c3n(c2c1)CC(C(=O)O)Oc1ccccc1-3.O=C=O.O=C=O. The number of hydrogen-bond donors (Lipinski definition) is 1. The second-order valence-electron chi connectivity index (χ2n) is 16.9. The predicted octanol–water partition coefficient (Wildman–Crippen LogP) is 10.3. The Kier molecular flexibility index (Phi) is 14.6. The normalized spacial score (nSPS) is 17.7. The Morgan fingerprint density at radius 1 is 0.625 bits per heavy atom. The lowest BCUT2D eigenvalue weighted by atomic mass is 9.81. The second-order valence-corrected chi connectivity index (χ2v) is 16.9. The molecule has 0 spiro atoms. The van der Waals surface area contributed by atoms with E-state index in [0.29, 0.717) is 37.3 Å². The van der Waals surface area contributed by atoms with Gasteiger partial charge in [0.15, 0.2) is 0 Å². The zero-order chi connectivity index (χ0) is 45.3. The van der Waals surface area contributed by atoms with E-state index in [-0.39, 0.29) is 18.3 Å². The number of carbonyl (C=O) groups excluding carboxylic acids is 5. The van der Waals surface area contributed by atoms with Crippen molar-refractivity contribution in [2.24, 2.45) is 0 Å². The number of benzene rings is 4. The fraction of sp³-hybridized carbons (Fsp3) is 0.385. The van der Waals surface area contributed by atoms with Gasteiger partial charge >= 0.3 is 24.2 Å². The molecule has 2 aliphatic heterocycles. The molecule has 2 fully saturated rings. The molecular formula is C52H54N2O10. The highest BCUT2D eigenvalue weighted by molar-refractivity contribution is 5.96. The van der Waals surface area contributed by atoms with E-state index in [1.165, 1.54) is 108 Å². The second kappa shape index (κ2) is 20.6. The highest BCUT2D eigenvalue weighted by Crippen LogP contribution is 2.49. The Morgan fingerprint density at radius 3 is 1.45 bits per heavy atom. The summed E-state index contributed by atoms with van der Waals surface area (Å²) in [6.45, 7) is 7.20. The maximum absolute atomic E-state index is 12.7. The molecule has 2 atom stereocenters. The molecule has 4 aromatic carbocycles. The van der Waals surface area contributed by atoms with Crippen LogP contribution in [0.25, 0.3) is 44.3 Å². The van der Waals surface area contributed by atoms with Crippen molar-refractivity contribution >= 4 is 46.0 Å². The van der Waals surface area contributed by atoms with Crippen LogP contribution in [0.5, 0.6) is 11.5 Å². The number of aromatic nitrogens is 2. The van der Waals surface area contributed by atoms with Gasteiger partial charge in [-0.1, -0.05) is 87.1 Å². The van der Waals surface area contributed by atoms with Gasteiger partial charge in [0.2, 0.25) is 12.2 Å². The van der Waals surface area contributed by atoms with Crippen LogP contribution in [0.2, 0.25) is 0 Å². The molecule has 12 heteroatoms. The monoisotopic (exact) mass is 866 g/mol. The summed E-state index contributed by atoms with van der Waals surface area (Å²) in [7, 11) is 0. The average Bonchev–Trinajstić information content (AvgIpc) is 3.62. The van der Waals surface area contributed by atoms with E-state index in [4.69, 9.17) is 33.4 Å². The van der Waals surface area contributed by atoms with Crippen molar-refractivity contribution in [1.29, 1.82) is 0 Å². The first-order valence-corrected chi connectivity index (χ1v) is 22.3. The summed E-state index contributed by atoms with van der Waals surface area (Å²) < 4.78 is 22.1. The molecule has 6 aromatic rings. The van der Waals surface area contributed by atoms with Crippen molar-refractivity contribution in [1.82, 2.24) is 9.13 Å². The highest BCUT2D eigenvalue weighted by Gasteiger charge is 2.36. The fourth-order valence-corrected chi connectivity index (χ4v) is 10.3. The van der Waals surface area contributed by atoms with Gasteiger partial charge in [-0.25, -0.2) is 9.59 Å². The fourth-order valence-electron chi connectivity index (χ4n) is 10.3. The van der Waals surface area contributed by atoms with Crippen LogP contribution in [0, 0.1) is 13.8 Å². The lowest BCUT2D eigenvalue weighted by Crippen LogP contribution is -2.33. The number of hydrogen-bond acceptors (Lipinski definition) is 9. The van der Waals surface area contributed by atoms with E-state index in [2.05, 4.69) is 77.6 Å². The van der Waals surface area contributed by atoms with Gasteiger partial charge in [0.1, 0.15) is 11.5 Å². The Labute approximate surface area is 372 Å². The summed E-state index contributed by atoms with van der Waals surface area (Å²) in [4.78, 5) is 57.1. The van der Waals surface area contributed by atoms with E-state index in [9.17, 15) is 14.7 Å². The lowest BCUT2D eigenvalue weighted by Gasteiger charge is -2.23. The maximum Gasteiger partial charge on any atom is 0.373 e. The average molecular weight is 867 g/mol. The minimum absolute atomic E-state index is 0.250. The molecule has 1 N–H and O–H groups in total. The van der Waals surface area contributed by atoms with Gasteiger partial charge in [-0.05, 0) is 117 Å². The number of carboxylic acid groups (broad SMARTS) is 1. The summed E-state index contributed by atoms with van der Waals surface area (Å²) in [6.07, 6.45) is 11.5. The van der Waals surface area contributed by atoms with Crippen molar-refractivity contribution in [2.75, 3.05) is 6.61 Å². The number of fused-ring (bicyclic) bond motifs is 10. The van der Waals surface area contributed by atoms with Crippen molar-refractivity contribution in [3.63, 3.8) is 0 Å². The van der Waals surface area contributed by atoms with Crippen molar-refractivity contribution < 1.29 is 48.1 Å². The molecule has 4 aliphatic rings. The standard InChI is InChI=1S/C26H29NO3.C24H25NO3.2CO2/c1-3-29-26(28)23-16-27-21-15-17(2)13-14-19(21)24(18-9-5-4-6-10-18)25(27)20-11-7-8-12-22(20)30-23;1-15-11-12-17-19(13-15)25-14-21(24(26)27)28-20-10-6-5-9-18(20)23(25)22(17)16-7-3-2-4-8-16;2*2-1-3/h7-8,11-15,18,23H,3-6,9-10,16H2,1-2H3;5-6,9-13,16,21H,2-4,7-8,14H2,1H3,(H,26,27);;. The van der Waals surface area contributed by atoms with Crippen molar-refractivity contribution in [2.45, 2.75) is 122 Å². The molecule has 0 radical (unpaired) electrons. The summed E-state index contributed by atoms with van der Waals surface area (Å²) in [6, 6.07) is 29.4. The number of carboxylic acids is 1. The minimum atomic E-state index is -0.920. The maximum atomic E-state index is 12.7. The van der Waals surface area contributed by atoms with Gasteiger partial charge < -0.3 is 28.5 Å². The third kappa shape index (κ3) is 9.30. The molecule has 4 heterocycles. The van der Waals surface area contributed by atoms with Gasteiger partial charge in [0, 0.05) is 32.9 Å². The van der Waals surface area contributed by atoms with Gasteiger partial charge in [-0.15, -0.1) is 0 Å². The first-order chi connectivity index (χ1) is 31.1. The Balaban J connectivity index is 0.000000171. The number of aryl methyl sites for hydroxylation is 2. The first kappa shape index (κ1) is 45.3. The third-order valence-corrected chi connectivity index (χ3v) is 12.9. The molecule has 0 bridgehead atoms. The van der Waals surface area contributed by atoms with Gasteiger partial charge in [-0.3, -0.25) is 0 Å². The molecule has 2 saturated carbocycles. The van der Waals surface area contributed by atoms with Crippen LogP contribution in [0.3, 0.4) is 0 Å². The highest BCUT2D eigenvalue weighted by atomic mass is 16.6. The number of aliphatic carboxylic acids is 1. The number of para-hydroxylation sites is 2. The topological polar surface area (TPSA) is 160 Å². The molecule has 12 nitrogen and oxygen atoms in total. The molecule has 2 aliphatic carbocycles. The summed E-state index contributed by atoms with van der Waals surface area (Å²) in [5, 5.41) is 12.4. The number of rotatable bonds is 5. The van der Waals surface area contributed by atoms with Crippen LogP contribution in [-0.4, -0.2) is 57.3 Å². The summed E-state index contributed by atoms with van der Waals surface area (Å²) in [5.41, 5.74) is 12.0. The zero-order valence-electron chi connectivity index (χ0n) is 36.6. The van der Waals surface area contributed by atoms with Crippen LogP contribution in [-0.2, 0) is 46.6 Å². The lowest BCUT2D eigenvalue weighted by molar-refractivity contribution is -0.193. The van der Waals surface area contributed by atoms with Crippen LogP contribution in [0.4, 0.5) is 0 Å². The van der Waals surface area contributed by atoms with E-state index >= 15 is 0 Å². The molecule has 64 heavy (non-hydrogen) atoms. The van der Waals surface area contributed by atoms with Gasteiger partial charge in [0.25, 0.3) is 0 Å². The van der Waals surface area contributed by atoms with Crippen molar-refractivity contribution in [3.05, 3.63) is 107 Å². The Morgan fingerprint density at radius 2 is 1.03 bits per heavy atom. The number of carbonyl (C=O) groups is 2. The molecule has 2 unspecified atom stereocenters. The number of esters is 1. The zero-order valence-corrected chi connectivity index (χ0v) is 36.6. The Hall–Kier alpha value is -6.74. The summed E-state index contributed by atoms with van der Waals surface area (Å²) >= 11 is 0. The van der Waals surface area contributed by atoms with Crippen LogP contribution in [0.1, 0.15) is 105 Å². The molecular weight excluding hydrogens is 813 g/mol. The van der Waals surface area contributed by atoms with Gasteiger partial charge in [-0.2, -0.15) is 19.2 Å². The summed E-state index contributed by atoms with van der Waals surface area (Å²) in [5.74, 6) is 1.29. The molecule has 2 aromatic heterocycles. The van der Waals surface area contributed by atoms with E-state index < -0.39 is 18.2 Å². The van der Waals surface area contributed by atoms with Crippen LogP contribution in [0.15, 0.2) is 84.9 Å². The van der Waals surface area contributed by atoms with Gasteiger partial charge in [0.05, 0.1) is 31.1 Å². The van der Waals surface area contributed by atoms with E-state index in [1.54, 1.807) is 0 Å². The number of ether oxygens (including phenoxy) is 3. The van der Waals surface area contributed by atoms with Crippen LogP contribution >= 0.6 is 0 Å². The minimum Gasteiger partial charge on any atom is -0.478 e. The molecule has 10 rings (SSSR count). The van der Waals surface area contributed by atoms with Crippen molar-refractivity contribution in [3.8, 4) is 34.0 Å². The van der Waals surface area contributed by atoms with Crippen LogP contribution < -0.4 is 9.47 Å². The largest absolute Gasteiger partial charge is 0.478 e. The quantitative estimate of drug-likeness (QED) is 0.165. The smallest absolute Gasteiger partial charge is 0.373 e. The third-order valence-electron chi connectivity index (χ3n) is 12.9. The number of nitrogens with zero attached hydrogens (tertiary/aromatic N) is 2. The first-order valence-electron chi connectivity index (χ1n) is 22.3. The van der Waals surface area contributed by atoms with E-state index in [0.717, 1.165) is 28.1 Å². The van der Waals surface area contributed by atoms with E-state index in [1.807, 2.05) is 37.3 Å². The molecule has 0 saturated heterocycles. The Bertz CT molecular complexity index is 2690.